The van der Waals surface area contributed by atoms with Crippen molar-refractivity contribution in [2.45, 2.75) is 25.2 Å². The zero-order valence-corrected chi connectivity index (χ0v) is 12.4. The summed E-state index contributed by atoms with van der Waals surface area (Å²) in [5.74, 6) is 3.28. The number of hydrogen-bond acceptors (Lipinski definition) is 0. The van der Waals surface area contributed by atoms with E-state index in [1.54, 1.807) is 5.56 Å². The highest BCUT2D eigenvalue weighted by Crippen LogP contribution is 2.57. The average Bonchev–Trinajstić information content (AvgIpc) is 3.16. The summed E-state index contributed by atoms with van der Waals surface area (Å²) in [5, 5.41) is 0. The Hall–Kier alpha value is -1.82. The van der Waals surface area contributed by atoms with Crippen LogP contribution in [0.2, 0.25) is 0 Å². The van der Waals surface area contributed by atoms with E-state index >= 15 is 0 Å². The van der Waals surface area contributed by atoms with Gasteiger partial charge in [-0.1, -0.05) is 72.8 Å². The highest BCUT2D eigenvalue weighted by Gasteiger charge is 2.46. The number of allylic oxidation sites excluding steroid dienone is 1. The lowest BCUT2D eigenvalue weighted by atomic mass is 9.75. The second-order valence-electron chi connectivity index (χ2n) is 6.62. The third-order valence-corrected chi connectivity index (χ3v) is 5.48. The zero-order valence-electron chi connectivity index (χ0n) is 12.4. The van der Waals surface area contributed by atoms with Crippen LogP contribution in [0.15, 0.2) is 66.7 Å². The largest absolute Gasteiger partial charge is 0.0799 e. The van der Waals surface area contributed by atoms with Crippen molar-refractivity contribution in [2.24, 2.45) is 17.8 Å². The Morgan fingerprint density at radius 3 is 2.19 bits per heavy atom. The van der Waals surface area contributed by atoms with E-state index in [0.29, 0.717) is 0 Å². The highest BCUT2D eigenvalue weighted by atomic mass is 14.5. The van der Waals surface area contributed by atoms with Gasteiger partial charge in [0.15, 0.2) is 0 Å². The normalized spacial score (nSPS) is 31.0. The molecule has 21 heavy (non-hydrogen) atoms. The minimum absolute atomic E-state index is 0.728. The fraction of sp³-hybridized carbons (Fsp3) is 0.333. The average molecular weight is 274 g/mol. The minimum atomic E-state index is 0.728. The van der Waals surface area contributed by atoms with Gasteiger partial charge in [0.25, 0.3) is 0 Å². The number of rotatable bonds is 3. The van der Waals surface area contributed by atoms with E-state index in [1.165, 1.54) is 24.8 Å². The molecule has 2 aromatic carbocycles. The van der Waals surface area contributed by atoms with Crippen LogP contribution in [0, 0.1) is 17.8 Å². The lowest BCUT2D eigenvalue weighted by Gasteiger charge is -2.29. The van der Waals surface area contributed by atoms with Gasteiger partial charge in [-0.25, -0.2) is 0 Å². The Morgan fingerprint density at radius 2 is 1.43 bits per heavy atom. The first-order valence-corrected chi connectivity index (χ1v) is 8.20. The number of hydrogen-bond donors (Lipinski definition) is 0. The molecule has 0 aliphatic heterocycles. The molecule has 0 saturated heterocycles. The van der Waals surface area contributed by atoms with Crippen molar-refractivity contribution >= 4 is 6.08 Å². The van der Waals surface area contributed by atoms with Gasteiger partial charge in [-0.15, -0.1) is 0 Å². The quantitative estimate of drug-likeness (QED) is 0.690. The third-order valence-electron chi connectivity index (χ3n) is 5.48. The Labute approximate surface area is 127 Å². The van der Waals surface area contributed by atoms with Gasteiger partial charge in [-0.3, -0.25) is 0 Å². The fourth-order valence-electron chi connectivity index (χ4n) is 4.57. The Bertz CT molecular complexity index is 611. The van der Waals surface area contributed by atoms with E-state index < -0.39 is 0 Å². The molecule has 0 amide bonds. The van der Waals surface area contributed by atoms with Crippen LogP contribution in [0.5, 0.6) is 0 Å². The van der Waals surface area contributed by atoms with Gasteiger partial charge < -0.3 is 0 Å². The van der Waals surface area contributed by atoms with Gasteiger partial charge in [0.2, 0.25) is 0 Å². The van der Waals surface area contributed by atoms with Crippen molar-refractivity contribution in [3.05, 3.63) is 77.9 Å². The van der Waals surface area contributed by atoms with Crippen LogP contribution in [0.1, 0.15) is 36.3 Å². The first kappa shape index (κ1) is 12.9. The Kier molecular flexibility index (Phi) is 3.39. The molecule has 2 saturated carbocycles. The van der Waals surface area contributed by atoms with Crippen LogP contribution in [0.3, 0.4) is 0 Å². The molecule has 2 aliphatic carbocycles. The molecule has 2 aliphatic rings. The summed E-state index contributed by atoms with van der Waals surface area (Å²) in [6, 6.07) is 21.9. The maximum atomic E-state index is 2.50. The van der Waals surface area contributed by atoms with Gasteiger partial charge in [-0.2, -0.15) is 0 Å². The molecule has 0 heteroatoms. The predicted octanol–water partition coefficient (Wildman–Crippen LogP) is 5.53. The monoisotopic (exact) mass is 274 g/mol. The Balaban J connectivity index is 1.62. The third kappa shape index (κ3) is 2.44. The van der Waals surface area contributed by atoms with E-state index in [-0.39, 0.29) is 0 Å². The molecule has 106 valence electrons. The maximum Gasteiger partial charge on any atom is -0.00678 e. The molecule has 0 radical (unpaired) electrons. The van der Waals surface area contributed by atoms with Crippen molar-refractivity contribution < 1.29 is 0 Å². The molecule has 0 nitrogen and oxygen atoms in total. The van der Waals surface area contributed by atoms with E-state index in [2.05, 4.69) is 72.8 Å². The SMILES string of the molecule is C(=C\[C@@H]1[C@H]2CC[C@H](C2)[C@@H]1c1ccccc1)/c1ccccc1. The highest BCUT2D eigenvalue weighted by molar-refractivity contribution is 5.50. The zero-order chi connectivity index (χ0) is 14.1. The smallest absolute Gasteiger partial charge is 0.00678 e. The first-order chi connectivity index (χ1) is 10.4. The molecule has 2 aromatic rings. The molecule has 4 rings (SSSR count). The molecular weight excluding hydrogens is 252 g/mol. The summed E-state index contributed by atoms with van der Waals surface area (Å²) in [4.78, 5) is 0. The molecular formula is C21H22. The summed E-state index contributed by atoms with van der Waals surface area (Å²) in [6.45, 7) is 0. The van der Waals surface area contributed by atoms with E-state index in [0.717, 1.165) is 23.7 Å². The van der Waals surface area contributed by atoms with Gasteiger partial charge in [0.1, 0.15) is 0 Å². The number of benzene rings is 2. The van der Waals surface area contributed by atoms with Crippen LogP contribution in [-0.4, -0.2) is 0 Å². The van der Waals surface area contributed by atoms with Crippen LogP contribution in [0.25, 0.3) is 6.08 Å². The van der Waals surface area contributed by atoms with Crippen molar-refractivity contribution in [2.75, 3.05) is 0 Å². The van der Waals surface area contributed by atoms with Crippen molar-refractivity contribution in [1.29, 1.82) is 0 Å². The maximum absolute atomic E-state index is 2.50. The molecule has 0 heterocycles. The van der Waals surface area contributed by atoms with Crippen LogP contribution < -0.4 is 0 Å². The van der Waals surface area contributed by atoms with Crippen LogP contribution in [-0.2, 0) is 0 Å². The Morgan fingerprint density at radius 1 is 0.762 bits per heavy atom. The van der Waals surface area contributed by atoms with Gasteiger partial charge >= 0.3 is 0 Å². The first-order valence-electron chi connectivity index (χ1n) is 8.20. The van der Waals surface area contributed by atoms with Gasteiger partial charge in [0, 0.05) is 0 Å². The van der Waals surface area contributed by atoms with Gasteiger partial charge in [0.05, 0.1) is 0 Å². The lowest BCUT2D eigenvalue weighted by molar-refractivity contribution is 0.343. The summed E-state index contributed by atoms with van der Waals surface area (Å²) in [6.07, 6.45) is 9.12. The fourth-order valence-corrected chi connectivity index (χ4v) is 4.57. The van der Waals surface area contributed by atoms with Crippen LogP contribution in [0.4, 0.5) is 0 Å². The molecule has 2 bridgehead atoms. The van der Waals surface area contributed by atoms with E-state index in [9.17, 15) is 0 Å². The summed E-state index contributed by atoms with van der Waals surface area (Å²) in [5.41, 5.74) is 2.87. The van der Waals surface area contributed by atoms with Crippen molar-refractivity contribution in [1.82, 2.24) is 0 Å². The lowest BCUT2D eigenvalue weighted by Crippen LogP contribution is -2.18. The summed E-state index contributed by atoms with van der Waals surface area (Å²) in [7, 11) is 0. The van der Waals surface area contributed by atoms with Crippen LogP contribution >= 0.6 is 0 Å². The molecule has 2 fully saturated rings. The molecule has 0 N–H and O–H groups in total. The predicted molar refractivity (Wildman–Crippen MR) is 89.0 cm³/mol. The van der Waals surface area contributed by atoms with Crippen molar-refractivity contribution in [3.63, 3.8) is 0 Å². The topological polar surface area (TPSA) is 0 Å². The van der Waals surface area contributed by atoms with E-state index in [1.807, 2.05) is 0 Å². The molecule has 4 atom stereocenters. The van der Waals surface area contributed by atoms with Gasteiger partial charge in [-0.05, 0) is 54.1 Å². The molecule has 0 unspecified atom stereocenters. The molecule has 0 spiro atoms. The van der Waals surface area contributed by atoms with E-state index in [4.69, 9.17) is 0 Å². The summed E-state index contributed by atoms with van der Waals surface area (Å²) >= 11 is 0. The standard InChI is InChI=1S/C21H22/c1-3-7-16(8-4-1)11-14-20-18-12-13-19(15-18)21(20)17-9-5-2-6-10-17/h1-11,14,18-21H,12-13,15H2/b14-11+/t18-,19+,20+,21-/m0/s1. The number of fused-ring (bicyclic) bond motifs is 2. The second kappa shape index (κ2) is 5.52. The molecule has 0 aromatic heterocycles. The minimum Gasteiger partial charge on any atom is -0.0799 e. The second-order valence-corrected chi connectivity index (χ2v) is 6.62. The van der Waals surface area contributed by atoms with Crippen molar-refractivity contribution in [3.8, 4) is 0 Å². The summed E-state index contributed by atoms with van der Waals surface area (Å²) < 4.78 is 0.